The van der Waals surface area contributed by atoms with E-state index in [4.69, 9.17) is 0 Å². The molecule has 0 aliphatic rings. The highest BCUT2D eigenvalue weighted by Gasteiger charge is 2.14. The average Bonchev–Trinajstić information content (AvgIpc) is 2.69. The zero-order valence-electron chi connectivity index (χ0n) is 16.3. The van der Waals surface area contributed by atoms with Gasteiger partial charge in [-0.2, -0.15) is 0 Å². The Hall–Kier alpha value is -2.79. The smallest absolute Gasteiger partial charge is 0.269 e. The van der Waals surface area contributed by atoms with Crippen LogP contribution < -0.4 is 10.9 Å². The van der Waals surface area contributed by atoms with Gasteiger partial charge in [-0.05, 0) is 46.0 Å². The summed E-state index contributed by atoms with van der Waals surface area (Å²) in [5.41, 5.74) is 6.64. The van der Waals surface area contributed by atoms with Crippen molar-refractivity contribution in [2.45, 2.75) is 31.1 Å². The van der Waals surface area contributed by atoms with Crippen LogP contribution in [0, 0.1) is 0 Å². The molecule has 4 nitrogen and oxygen atoms in total. The third-order valence-corrected chi connectivity index (χ3v) is 5.41. The molecule has 144 valence electrons. The molecule has 0 saturated heterocycles. The summed E-state index contributed by atoms with van der Waals surface area (Å²) in [6, 6.07) is 21.6. The fourth-order valence-electron chi connectivity index (χ4n) is 2.76. The van der Waals surface area contributed by atoms with Crippen LogP contribution in [0.3, 0.4) is 0 Å². The van der Waals surface area contributed by atoms with Gasteiger partial charge in [0.1, 0.15) is 0 Å². The van der Waals surface area contributed by atoms with E-state index in [1.807, 2.05) is 42.5 Å². The summed E-state index contributed by atoms with van der Waals surface area (Å²) in [5, 5.41) is 2.31. The summed E-state index contributed by atoms with van der Waals surface area (Å²) in [5.74, 6) is -0.357. The summed E-state index contributed by atoms with van der Waals surface area (Å²) < 4.78 is 0. The largest absolute Gasteiger partial charge is 0.272 e. The number of carbonyl (C=O) groups excluding carboxylic acids is 2. The first kappa shape index (κ1) is 20.0. The van der Waals surface area contributed by atoms with Gasteiger partial charge in [0.25, 0.3) is 5.91 Å². The van der Waals surface area contributed by atoms with E-state index in [0.29, 0.717) is 5.56 Å². The molecule has 0 heterocycles. The molecule has 3 aromatic rings. The van der Waals surface area contributed by atoms with Crippen molar-refractivity contribution in [2.75, 3.05) is 5.75 Å². The van der Waals surface area contributed by atoms with Gasteiger partial charge >= 0.3 is 0 Å². The van der Waals surface area contributed by atoms with Crippen molar-refractivity contribution in [1.29, 1.82) is 0 Å². The van der Waals surface area contributed by atoms with Crippen molar-refractivity contribution in [3.63, 3.8) is 0 Å². The molecule has 3 aromatic carbocycles. The minimum atomic E-state index is -0.329. The second-order valence-corrected chi connectivity index (χ2v) is 8.68. The van der Waals surface area contributed by atoms with E-state index in [2.05, 4.69) is 43.8 Å². The molecule has 5 heteroatoms. The summed E-state index contributed by atoms with van der Waals surface area (Å²) in [7, 11) is 0. The normalized spacial score (nSPS) is 11.2. The molecular weight excluding hydrogens is 368 g/mol. The quantitative estimate of drug-likeness (QED) is 0.500. The molecule has 0 spiro atoms. The Balaban J connectivity index is 1.50. The zero-order valence-corrected chi connectivity index (χ0v) is 17.1. The molecule has 2 amide bonds. The predicted octanol–water partition coefficient (Wildman–Crippen LogP) is 4.69. The lowest BCUT2D eigenvalue weighted by molar-refractivity contribution is -0.119. The van der Waals surface area contributed by atoms with Crippen LogP contribution in [0.2, 0.25) is 0 Å². The van der Waals surface area contributed by atoms with Gasteiger partial charge in [0.2, 0.25) is 5.91 Å². The molecule has 0 unspecified atom stereocenters. The van der Waals surface area contributed by atoms with Crippen LogP contribution in [0.5, 0.6) is 0 Å². The standard InChI is InChI=1S/C23H24N2O2S/c1-23(2,3)19-11-8-17(9-12-19)22(27)25-24-21(26)15-28-20-13-10-16-6-4-5-7-18(16)14-20/h4-14H,15H2,1-3H3,(H,24,26)(H,25,27). The lowest BCUT2D eigenvalue weighted by atomic mass is 9.87. The van der Waals surface area contributed by atoms with Crippen LogP contribution in [0.4, 0.5) is 0 Å². The van der Waals surface area contributed by atoms with Gasteiger partial charge in [0.05, 0.1) is 5.75 Å². The number of benzene rings is 3. The minimum absolute atomic E-state index is 0.0310. The van der Waals surface area contributed by atoms with Crippen molar-refractivity contribution in [2.24, 2.45) is 0 Å². The second kappa shape index (κ2) is 8.48. The minimum Gasteiger partial charge on any atom is -0.272 e. The molecule has 28 heavy (non-hydrogen) atoms. The van der Waals surface area contributed by atoms with Crippen LogP contribution >= 0.6 is 11.8 Å². The number of hydrazine groups is 1. The third-order valence-electron chi connectivity index (χ3n) is 4.42. The number of nitrogens with one attached hydrogen (secondary N) is 2. The van der Waals surface area contributed by atoms with E-state index in [0.717, 1.165) is 15.8 Å². The third kappa shape index (κ3) is 5.14. The van der Waals surface area contributed by atoms with Gasteiger partial charge in [0, 0.05) is 10.5 Å². The van der Waals surface area contributed by atoms with E-state index < -0.39 is 0 Å². The molecule has 2 N–H and O–H groups in total. The number of fused-ring (bicyclic) bond motifs is 1. The number of carbonyl (C=O) groups is 2. The number of hydrogen-bond acceptors (Lipinski definition) is 3. The van der Waals surface area contributed by atoms with Crippen molar-refractivity contribution < 1.29 is 9.59 Å². The molecule has 0 saturated carbocycles. The van der Waals surface area contributed by atoms with Gasteiger partial charge in [-0.1, -0.05) is 63.2 Å². The maximum atomic E-state index is 12.2. The van der Waals surface area contributed by atoms with Gasteiger partial charge in [-0.15, -0.1) is 11.8 Å². The van der Waals surface area contributed by atoms with Gasteiger partial charge < -0.3 is 0 Å². The van der Waals surface area contributed by atoms with Crippen molar-refractivity contribution in [3.8, 4) is 0 Å². The summed E-state index contributed by atoms with van der Waals surface area (Å²) in [6.07, 6.45) is 0. The number of hydrogen-bond donors (Lipinski definition) is 2. The van der Waals surface area contributed by atoms with E-state index in [1.165, 1.54) is 17.1 Å². The number of amides is 2. The molecule has 0 fully saturated rings. The SMILES string of the molecule is CC(C)(C)c1ccc(C(=O)NNC(=O)CSc2ccc3ccccc3c2)cc1. The molecule has 0 aliphatic carbocycles. The first-order valence-corrected chi connectivity index (χ1v) is 10.1. The Morgan fingerprint density at radius 3 is 2.21 bits per heavy atom. The van der Waals surface area contributed by atoms with E-state index in [1.54, 1.807) is 12.1 Å². The molecule has 0 atom stereocenters. The van der Waals surface area contributed by atoms with E-state index in [9.17, 15) is 9.59 Å². The van der Waals surface area contributed by atoms with E-state index >= 15 is 0 Å². The number of thioether (sulfide) groups is 1. The molecule has 0 radical (unpaired) electrons. The summed E-state index contributed by atoms with van der Waals surface area (Å²) in [4.78, 5) is 25.3. The monoisotopic (exact) mass is 392 g/mol. The molecule has 0 aliphatic heterocycles. The highest BCUT2D eigenvalue weighted by atomic mass is 32.2. The van der Waals surface area contributed by atoms with Crippen LogP contribution in [0.15, 0.2) is 71.6 Å². The van der Waals surface area contributed by atoms with Crippen LogP contribution in [0.25, 0.3) is 10.8 Å². The highest BCUT2D eigenvalue weighted by molar-refractivity contribution is 8.00. The Labute approximate surface area is 169 Å². The molecule has 0 aromatic heterocycles. The maximum Gasteiger partial charge on any atom is 0.269 e. The van der Waals surface area contributed by atoms with Crippen LogP contribution in [-0.2, 0) is 10.2 Å². The molecule has 3 rings (SSSR count). The van der Waals surface area contributed by atoms with Crippen LogP contribution in [-0.4, -0.2) is 17.6 Å². The first-order chi connectivity index (χ1) is 13.3. The first-order valence-electron chi connectivity index (χ1n) is 9.14. The fourth-order valence-corrected chi connectivity index (χ4v) is 3.51. The number of rotatable bonds is 4. The Morgan fingerprint density at radius 1 is 0.857 bits per heavy atom. The van der Waals surface area contributed by atoms with E-state index in [-0.39, 0.29) is 23.0 Å². The summed E-state index contributed by atoms with van der Waals surface area (Å²) in [6.45, 7) is 6.36. The Bertz CT molecular complexity index is 991. The Morgan fingerprint density at radius 2 is 1.54 bits per heavy atom. The maximum absolute atomic E-state index is 12.2. The average molecular weight is 393 g/mol. The predicted molar refractivity (Wildman–Crippen MR) is 115 cm³/mol. The topological polar surface area (TPSA) is 58.2 Å². The lowest BCUT2D eigenvalue weighted by Gasteiger charge is -2.19. The van der Waals surface area contributed by atoms with Crippen molar-refractivity contribution in [1.82, 2.24) is 10.9 Å². The Kier molecular flexibility index (Phi) is 6.05. The van der Waals surface area contributed by atoms with Crippen molar-refractivity contribution in [3.05, 3.63) is 77.9 Å². The van der Waals surface area contributed by atoms with Gasteiger partial charge in [0.15, 0.2) is 0 Å². The zero-order chi connectivity index (χ0) is 20.1. The second-order valence-electron chi connectivity index (χ2n) is 7.63. The molecular formula is C23H24N2O2S. The lowest BCUT2D eigenvalue weighted by Crippen LogP contribution is -2.42. The van der Waals surface area contributed by atoms with Gasteiger partial charge in [-0.3, -0.25) is 20.4 Å². The molecule has 0 bridgehead atoms. The van der Waals surface area contributed by atoms with Crippen LogP contribution in [0.1, 0.15) is 36.7 Å². The van der Waals surface area contributed by atoms with Crippen molar-refractivity contribution >= 4 is 34.3 Å². The fraction of sp³-hybridized carbons (Fsp3) is 0.217. The highest BCUT2D eigenvalue weighted by Crippen LogP contribution is 2.23. The summed E-state index contributed by atoms with van der Waals surface area (Å²) >= 11 is 1.43. The van der Waals surface area contributed by atoms with Gasteiger partial charge in [-0.25, -0.2) is 0 Å².